The second-order valence-corrected chi connectivity index (χ2v) is 7.00. The van der Waals surface area contributed by atoms with E-state index in [1.807, 2.05) is 36.9 Å². The van der Waals surface area contributed by atoms with E-state index in [-0.39, 0.29) is 11.9 Å². The summed E-state index contributed by atoms with van der Waals surface area (Å²) >= 11 is 0. The van der Waals surface area contributed by atoms with Crippen molar-refractivity contribution in [2.24, 2.45) is 0 Å². The highest BCUT2D eigenvalue weighted by atomic mass is 16.5. The quantitative estimate of drug-likeness (QED) is 0.774. The minimum Gasteiger partial charge on any atom is -0.461 e. The Morgan fingerprint density at radius 2 is 1.93 bits per heavy atom. The van der Waals surface area contributed by atoms with E-state index in [9.17, 15) is 9.59 Å². The molecule has 1 N–H and O–H groups in total. The number of rotatable bonds is 6. The molecule has 7 nitrogen and oxygen atoms in total. The number of pyridine rings is 1. The average Bonchev–Trinajstić information content (AvgIpc) is 3.01. The van der Waals surface area contributed by atoms with Gasteiger partial charge in [-0.2, -0.15) is 0 Å². The molecule has 0 bridgehead atoms. The highest BCUT2D eigenvalue weighted by Crippen LogP contribution is 2.21. The van der Waals surface area contributed by atoms with Crippen LogP contribution in [-0.2, 0) is 16.0 Å². The third-order valence-electron chi connectivity index (χ3n) is 5.27. The lowest BCUT2D eigenvalue weighted by atomic mass is 10.0. The van der Waals surface area contributed by atoms with Gasteiger partial charge in [-0.3, -0.25) is 4.79 Å². The molecule has 2 aromatic rings. The van der Waals surface area contributed by atoms with Gasteiger partial charge >= 0.3 is 5.97 Å². The Bertz CT molecular complexity index is 824. The van der Waals surface area contributed by atoms with E-state index >= 15 is 0 Å². The Labute approximate surface area is 165 Å². The minimum absolute atomic E-state index is 0.151. The van der Waals surface area contributed by atoms with Gasteiger partial charge in [0, 0.05) is 44.5 Å². The smallest absolute Gasteiger partial charge is 0.355 e. The minimum atomic E-state index is -0.341. The lowest BCUT2D eigenvalue weighted by Gasteiger charge is -2.35. The summed E-state index contributed by atoms with van der Waals surface area (Å²) in [7, 11) is 0. The van der Waals surface area contributed by atoms with Crippen LogP contribution in [0, 0.1) is 13.8 Å². The van der Waals surface area contributed by atoms with E-state index < -0.39 is 0 Å². The van der Waals surface area contributed by atoms with Gasteiger partial charge in [0.25, 0.3) is 0 Å². The molecule has 150 valence electrons. The van der Waals surface area contributed by atoms with Crippen LogP contribution in [0.4, 0.5) is 5.82 Å². The van der Waals surface area contributed by atoms with Crippen molar-refractivity contribution in [1.29, 1.82) is 0 Å². The third kappa shape index (κ3) is 4.35. The summed E-state index contributed by atoms with van der Waals surface area (Å²) in [6.07, 6.45) is 2.84. The molecule has 1 aliphatic heterocycles. The molecule has 0 saturated carbocycles. The first-order chi connectivity index (χ1) is 13.5. The van der Waals surface area contributed by atoms with Gasteiger partial charge in [0.2, 0.25) is 5.91 Å². The Balaban J connectivity index is 1.55. The van der Waals surface area contributed by atoms with Gasteiger partial charge in [0.05, 0.1) is 6.61 Å². The van der Waals surface area contributed by atoms with Crippen LogP contribution in [0.15, 0.2) is 24.4 Å². The molecular weight excluding hydrogens is 356 g/mol. The number of aryl methyl sites for hydroxylation is 1. The Morgan fingerprint density at radius 1 is 1.18 bits per heavy atom. The summed E-state index contributed by atoms with van der Waals surface area (Å²) in [4.78, 5) is 36.3. The van der Waals surface area contributed by atoms with Crippen molar-refractivity contribution in [3.8, 4) is 0 Å². The number of H-pyrrole nitrogens is 1. The summed E-state index contributed by atoms with van der Waals surface area (Å²) in [5, 5.41) is 0. The fourth-order valence-electron chi connectivity index (χ4n) is 3.69. The van der Waals surface area contributed by atoms with Crippen molar-refractivity contribution in [1.82, 2.24) is 14.9 Å². The summed E-state index contributed by atoms with van der Waals surface area (Å²) < 4.78 is 5.09. The zero-order valence-corrected chi connectivity index (χ0v) is 16.8. The van der Waals surface area contributed by atoms with Gasteiger partial charge in [-0.1, -0.05) is 6.07 Å². The number of piperazine rings is 1. The Kier molecular flexibility index (Phi) is 6.34. The number of esters is 1. The number of aromatic nitrogens is 2. The van der Waals surface area contributed by atoms with Crippen molar-refractivity contribution in [2.75, 3.05) is 37.7 Å². The number of hydrogen-bond acceptors (Lipinski definition) is 5. The first-order valence-corrected chi connectivity index (χ1v) is 9.80. The summed E-state index contributed by atoms with van der Waals surface area (Å²) in [6.45, 7) is 8.95. The van der Waals surface area contributed by atoms with E-state index in [0.29, 0.717) is 38.2 Å². The molecule has 0 spiro atoms. The van der Waals surface area contributed by atoms with Gasteiger partial charge < -0.3 is 19.5 Å². The highest BCUT2D eigenvalue weighted by Gasteiger charge is 2.23. The molecule has 28 heavy (non-hydrogen) atoms. The summed E-state index contributed by atoms with van der Waals surface area (Å²) in [6, 6.07) is 5.88. The van der Waals surface area contributed by atoms with E-state index in [1.54, 1.807) is 13.1 Å². The monoisotopic (exact) mass is 384 g/mol. The molecule has 7 heteroatoms. The Hall–Kier alpha value is -2.83. The molecule has 3 heterocycles. The SMILES string of the molecule is CCOC(=O)c1[nH]c(C)c(CCC(=O)N2CCN(c3ccccn3)CC2)c1C. The predicted octanol–water partition coefficient (Wildman–Crippen LogP) is 2.48. The van der Waals surface area contributed by atoms with Crippen LogP contribution in [-0.4, -0.2) is 59.5 Å². The fourth-order valence-corrected chi connectivity index (χ4v) is 3.69. The largest absolute Gasteiger partial charge is 0.461 e. The normalized spacial score (nSPS) is 14.2. The van der Waals surface area contributed by atoms with Crippen LogP contribution in [0.3, 0.4) is 0 Å². The first kappa shape index (κ1) is 19.9. The number of ether oxygens (including phenoxy) is 1. The van der Waals surface area contributed by atoms with Gasteiger partial charge in [0.15, 0.2) is 0 Å². The number of hydrogen-bond donors (Lipinski definition) is 1. The van der Waals surface area contributed by atoms with Gasteiger partial charge in [-0.15, -0.1) is 0 Å². The fraction of sp³-hybridized carbons (Fsp3) is 0.476. The van der Waals surface area contributed by atoms with Crippen LogP contribution in [0.1, 0.15) is 40.7 Å². The van der Waals surface area contributed by atoms with Gasteiger partial charge in [-0.25, -0.2) is 9.78 Å². The predicted molar refractivity (Wildman–Crippen MR) is 108 cm³/mol. The molecule has 1 aliphatic rings. The molecule has 0 aromatic carbocycles. The number of amides is 1. The van der Waals surface area contributed by atoms with Crippen LogP contribution in [0.2, 0.25) is 0 Å². The van der Waals surface area contributed by atoms with E-state index in [0.717, 1.165) is 35.7 Å². The number of carbonyl (C=O) groups is 2. The standard InChI is InChI=1S/C21H28N4O3/c1-4-28-21(27)20-15(2)17(16(3)23-20)8-9-19(26)25-13-11-24(12-14-25)18-7-5-6-10-22-18/h5-7,10,23H,4,8-9,11-14H2,1-3H3. The molecule has 0 radical (unpaired) electrons. The molecule has 1 amide bonds. The second kappa shape index (κ2) is 8.91. The lowest BCUT2D eigenvalue weighted by molar-refractivity contribution is -0.131. The Morgan fingerprint density at radius 3 is 2.57 bits per heavy atom. The molecule has 1 fully saturated rings. The number of aromatic amines is 1. The van der Waals surface area contributed by atoms with Crippen molar-refractivity contribution >= 4 is 17.7 Å². The zero-order valence-electron chi connectivity index (χ0n) is 16.8. The molecule has 0 unspecified atom stereocenters. The maximum atomic E-state index is 12.7. The molecule has 0 atom stereocenters. The van der Waals surface area contributed by atoms with Crippen molar-refractivity contribution in [3.63, 3.8) is 0 Å². The van der Waals surface area contributed by atoms with Crippen LogP contribution < -0.4 is 4.90 Å². The molecule has 1 saturated heterocycles. The number of nitrogens with zero attached hydrogens (tertiary/aromatic N) is 3. The van der Waals surface area contributed by atoms with Crippen molar-refractivity contribution < 1.29 is 14.3 Å². The summed E-state index contributed by atoms with van der Waals surface area (Å²) in [5.74, 6) is 0.768. The lowest BCUT2D eigenvalue weighted by Crippen LogP contribution is -2.49. The molecular formula is C21H28N4O3. The van der Waals surface area contributed by atoms with E-state index in [1.165, 1.54) is 0 Å². The zero-order chi connectivity index (χ0) is 20.1. The van der Waals surface area contributed by atoms with Gasteiger partial charge in [-0.05, 0) is 50.5 Å². The van der Waals surface area contributed by atoms with Crippen LogP contribution >= 0.6 is 0 Å². The van der Waals surface area contributed by atoms with Crippen molar-refractivity contribution in [3.05, 3.63) is 46.9 Å². The van der Waals surface area contributed by atoms with Crippen molar-refractivity contribution in [2.45, 2.75) is 33.6 Å². The van der Waals surface area contributed by atoms with E-state index in [2.05, 4.69) is 14.9 Å². The maximum Gasteiger partial charge on any atom is 0.355 e. The topological polar surface area (TPSA) is 78.5 Å². The highest BCUT2D eigenvalue weighted by molar-refractivity contribution is 5.90. The number of anilines is 1. The van der Waals surface area contributed by atoms with Crippen LogP contribution in [0.5, 0.6) is 0 Å². The van der Waals surface area contributed by atoms with Gasteiger partial charge in [0.1, 0.15) is 11.5 Å². The maximum absolute atomic E-state index is 12.7. The number of carbonyl (C=O) groups excluding carboxylic acids is 2. The first-order valence-electron chi connectivity index (χ1n) is 9.80. The number of nitrogens with one attached hydrogen (secondary N) is 1. The molecule has 3 rings (SSSR count). The van der Waals surface area contributed by atoms with E-state index in [4.69, 9.17) is 4.74 Å². The molecule has 2 aromatic heterocycles. The average molecular weight is 384 g/mol. The third-order valence-corrected chi connectivity index (χ3v) is 5.27. The molecule has 0 aliphatic carbocycles. The second-order valence-electron chi connectivity index (χ2n) is 7.00. The summed E-state index contributed by atoms with van der Waals surface area (Å²) in [5.41, 5.74) is 3.33. The van der Waals surface area contributed by atoms with Crippen LogP contribution in [0.25, 0.3) is 0 Å².